The molecule has 0 aliphatic heterocycles. The van der Waals surface area contributed by atoms with Crippen molar-refractivity contribution in [2.75, 3.05) is 0 Å². The Morgan fingerprint density at radius 2 is 1.50 bits per heavy atom. The predicted octanol–water partition coefficient (Wildman–Crippen LogP) is 5.01. The van der Waals surface area contributed by atoms with Gasteiger partial charge in [0.15, 0.2) is 0 Å². The van der Waals surface area contributed by atoms with Gasteiger partial charge in [0.25, 0.3) is 0 Å². The number of aromatic hydroxyl groups is 1. The van der Waals surface area contributed by atoms with Crippen molar-refractivity contribution in [1.29, 1.82) is 5.41 Å². The maximum atomic E-state index is 10.6. The van der Waals surface area contributed by atoms with E-state index in [4.69, 9.17) is 5.41 Å². The third kappa shape index (κ3) is 3.41. The van der Waals surface area contributed by atoms with Gasteiger partial charge in [0.05, 0.1) is 0 Å². The second kappa shape index (κ2) is 5.23. The summed E-state index contributed by atoms with van der Waals surface area (Å²) in [5.41, 5.74) is 3.12. The summed E-state index contributed by atoms with van der Waals surface area (Å²) in [6, 6.07) is 4.07. The van der Waals surface area contributed by atoms with Gasteiger partial charge in [-0.15, -0.1) is 0 Å². The molecule has 2 N–H and O–H groups in total. The quantitative estimate of drug-likeness (QED) is 0.732. The first-order valence-electron chi connectivity index (χ1n) is 7.32. The van der Waals surface area contributed by atoms with Gasteiger partial charge >= 0.3 is 0 Å². The molecule has 0 aromatic heterocycles. The molecule has 0 unspecified atom stereocenters. The van der Waals surface area contributed by atoms with Crippen LogP contribution in [0.15, 0.2) is 12.1 Å². The van der Waals surface area contributed by atoms with Gasteiger partial charge in [0, 0.05) is 16.8 Å². The molecule has 0 spiro atoms. The van der Waals surface area contributed by atoms with E-state index in [1.54, 1.807) is 0 Å². The van der Waals surface area contributed by atoms with E-state index in [1.807, 2.05) is 19.9 Å². The highest BCUT2D eigenvalue weighted by Gasteiger charge is 2.26. The van der Waals surface area contributed by atoms with Crippen LogP contribution in [0.25, 0.3) is 0 Å². The Balaban J connectivity index is 3.64. The number of hydrogen-bond acceptors (Lipinski definition) is 2. The lowest BCUT2D eigenvalue weighted by Crippen LogP contribution is -2.19. The van der Waals surface area contributed by atoms with Crippen LogP contribution < -0.4 is 0 Å². The highest BCUT2D eigenvalue weighted by Crippen LogP contribution is 2.38. The Labute approximate surface area is 123 Å². The van der Waals surface area contributed by atoms with Crippen molar-refractivity contribution >= 4 is 5.71 Å². The number of phenols is 1. The van der Waals surface area contributed by atoms with Gasteiger partial charge in [-0.05, 0) is 28.4 Å². The van der Waals surface area contributed by atoms with Gasteiger partial charge in [-0.3, -0.25) is 0 Å². The van der Waals surface area contributed by atoms with Gasteiger partial charge < -0.3 is 10.5 Å². The van der Waals surface area contributed by atoms with Gasteiger partial charge in [-0.25, -0.2) is 0 Å². The number of nitrogens with one attached hydrogen (secondary N) is 1. The monoisotopic (exact) mass is 275 g/mol. The summed E-state index contributed by atoms with van der Waals surface area (Å²) in [4.78, 5) is 0. The maximum Gasteiger partial charge on any atom is 0.128 e. The molecule has 2 heteroatoms. The minimum atomic E-state index is -0.142. The van der Waals surface area contributed by atoms with Crippen LogP contribution in [-0.2, 0) is 10.8 Å². The van der Waals surface area contributed by atoms with Crippen molar-refractivity contribution < 1.29 is 5.11 Å². The molecule has 1 rings (SSSR count). The Bertz CT molecular complexity index is 513. The van der Waals surface area contributed by atoms with Crippen LogP contribution >= 0.6 is 0 Å². The first-order valence-corrected chi connectivity index (χ1v) is 7.32. The highest BCUT2D eigenvalue weighted by atomic mass is 16.3. The minimum Gasteiger partial charge on any atom is -0.507 e. The molecular formula is C18H29NO. The number of rotatable bonds is 2. The fourth-order valence-electron chi connectivity index (χ4n) is 2.16. The van der Waals surface area contributed by atoms with Crippen molar-refractivity contribution in [2.45, 2.75) is 66.2 Å². The van der Waals surface area contributed by atoms with Crippen LogP contribution in [0.1, 0.15) is 72.1 Å². The van der Waals surface area contributed by atoms with E-state index < -0.39 is 0 Å². The number of hydrogen-bond donors (Lipinski definition) is 2. The molecule has 0 radical (unpaired) electrons. The smallest absolute Gasteiger partial charge is 0.128 e. The van der Waals surface area contributed by atoms with Crippen molar-refractivity contribution in [3.63, 3.8) is 0 Å². The second-order valence-corrected chi connectivity index (χ2v) is 7.99. The Morgan fingerprint density at radius 3 is 1.85 bits per heavy atom. The van der Waals surface area contributed by atoms with Crippen LogP contribution in [0.3, 0.4) is 0 Å². The molecule has 0 fully saturated rings. The van der Waals surface area contributed by atoms with E-state index in [0.29, 0.717) is 11.3 Å². The zero-order valence-electron chi connectivity index (χ0n) is 14.2. The summed E-state index contributed by atoms with van der Waals surface area (Å²) in [6.45, 7) is 16.7. The lowest BCUT2D eigenvalue weighted by molar-refractivity contribution is 0.443. The molecule has 0 aliphatic carbocycles. The molecule has 0 bridgehead atoms. The summed E-state index contributed by atoms with van der Waals surface area (Å²) in [6.07, 6.45) is 0. The van der Waals surface area contributed by atoms with Gasteiger partial charge in [0.2, 0.25) is 0 Å². The molecule has 0 amide bonds. The lowest BCUT2D eigenvalue weighted by Gasteiger charge is -2.28. The fourth-order valence-corrected chi connectivity index (χ4v) is 2.16. The van der Waals surface area contributed by atoms with Crippen molar-refractivity contribution in [2.24, 2.45) is 5.92 Å². The van der Waals surface area contributed by atoms with E-state index in [1.165, 1.54) is 5.56 Å². The lowest BCUT2D eigenvalue weighted by atomic mass is 9.78. The Kier molecular flexibility index (Phi) is 4.38. The van der Waals surface area contributed by atoms with Crippen molar-refractivity contribution in [3.05, 3.63) is 28.8 Å². The molecule has 0 aliphatic rings. The molecule has 1 aromatic rings. The summed E-state index contributed by atoms with van der Waals surface area (Å²) < 4.78 is 0. The van der Waals surface area contributed by atoms with Crippen molar-refractivity contribution in [3.8, 4) is 5.75 Å². The summed E-state index contributed by atoms with van der Waals surface area (Å²) in [5.74, 6) is 0.369. The standard InChI is InChI=1S/C18H29NO/c1-11(2)15(19)13-9-12(17(3,4)5)10-14(16(13)20)18(6,7)8/h9-11,19-20H,1-8H3. The zero-order valence-corrected chi connectivity index (χ0v) is 14.2. The largest absolute Gasteiger partial charge is 0.507 e. The zero-order chi connectivity index (χ0) is 15.9. The van der Waals surface area contributed by atoms with E-state index in [2.05, 4.69) is 47.6 Å². The third-order valence-corrected chi connectivity index (χ3v) is 3.65. The molecule has 0 saturated heterocycles. The SMILES string of the molecule is CC(C)C(=N)c1cc(C(C)(C)C)cc(C(C)(C)C)c1O. The average Bonchev–Trinajstić information content (AvgIpc) is 2.24. The highest BCUT2D eigenvalue weighted by molar-refractivity contribution is 6.02. The normalized spacial score (nSPS) is 12.8. The molecule has 0 heterocycles. The Hall–Kier alpha value is -1.31. The number of benzene rings is 1. The first kappa shape index (κ1) is 16.7. The van der Waals surface area contributed by atoms with E-state index in [0.717, 1.165) is 5.56 Å². The van der Waals surface area contributed by atoms with Crippen LogP contribution in [0.2, 0.25) is 0 Å². The summed E-state index contributed by atoms with van der Waals surface area (Å²) >= 11 is 0. The van der Waals surface area contributed by atoms with Crippen molar-refractivity contribution in [1.82, 2.24) is 0 Å². The van der Waals surface area contributed by atoms with E-state index in [-0.39, 0.29) is 22.5 Å². The third-order valence-electron chi connectivity index (χ3n) is 3.65. The fraction of sp³-hybridized carbons (Fsp3) is 0.611. The van der Waals surface area contributed by atoms with Crippen LogP contribution in [0, 0.1) is 11.3 Å². The second-order valence-electron chi connectivity index (χ2n) is 7.99. The molecule has 2 nitrogen and oxygen atoms in total. The Morgan fingerprint density at radius 1 is 1.00 bits per heavy atom. The van der Waals surface area contributed by atoms with Crippen LogP contribution in [0.5, 0.6) is 5.75 Å². The molecule has 20 heavy (non-hydrogen) atoms. The number of phenolic OH excluding ortho intramolecular Hbond substituents is 1. The summed E-state index contributed by atoms with van der Waals surface area (Å²) in [5, 5.41) is 18.9. The van der Waals surface area contributed by atoms with Crippen LogP contribution in [0.4, 0.5) is 0 Å². The summed E-state index contributed by atoms with van der Waals surface area (Å²) in [7, 11) is 0. The molecule has 0 saturated carbocycles. The van der Waals surface area contributed by atoms with Gasteiger partial charge in [0.1, 0.15) is 5.75 Å². The molecule has 1 aromatic carbocycles. The van der Waals surface area contributed by atoms with Gasteiger partial charge in [-0.2, -0.15) is 0 Å². The first-order chi connectivity index (χ1) is 8.85. The molecule has 0 atom stereocenters. The molecule has 112 valence electrons. The maximum absolute atomic E-state index is 10.6. The van der Waals surface area contributed by atoms with E-state index >= 15 is 0 Å². The predicted molar refractivity (Wildman–Crippen MR) is 87.2 cm³/mol. The van der Waals surface area contributed by atoms with Gasteiger partial charge in [-0.1, -0.05) is 61.5 Å². The van der Waals surface area contributed by atoms with Crippen LogP contribution in [-0.4, -0.2) is 10.8 Å². The minimum absolute atomic E-state index is 0.000288. The topological polar surface area (TPSA) is 44.1 Å². The average molecular weight is 275 g/mol. The molecular weight excluding hydrogens is 246 g/mol. The van der Waals surface area contributed by atoms with E-state index in [9.17, 15) is 5.11 Å².